The Morgan fingerprint density at radius 1 is 1.04 bits per heavy atom. The largest absolute Gasteiger partial charge is 0.298 e. The lowest BCUT2D eigenvalue weighted by molar-refractivity contribution is 0.102. The third kappa shape index (κ3) is 3.34. The molecule has 0 atom stereocenters. The van der Waals surface area contributed by atoms with Gasteiger partial charge in [0, 0.05) is 5.56 Å². The smallest absolute Gasteiger partial charge is 0.257 e. The van der Waals surface area contributed by atoms with Crippen LogP contribution in [0.25, 0.3) is 10.2 Å². The summed E-state index contributed by atoms with van der Waals surface area (Å²) < 4.78 is 1.09. The molecule has 0 unspecified atom stereocenters. The zero-order valence-corrected chi connectivity index (χ0v) is 15.5. The number of fused-ring (bicyclic) bond motifs is 1. The van der Waals surface area contributed by atoms with Gasteiger partial charge in [-0.1, -0.05) is 44.2 Å². The monoisotopic (exact) mass is 338 g/mol. The van der Waals surface area contributed by atoms with Gasteiger partial charge in [0.1, 0.15) is 0 Å². The Morgan fingerprint density at radius 2 is 1.67 bits per heavy atom. The van der Waals surface area contributed by atoms with Crippen LogP contribution in [0.4, 0.5) is 5.13 Å². The van der Waals surface area contributed by atoms with Gasteiger partial charge in [-0.3, -0.25) is 10.1 Å². The number of benzene rings is 2. The molecule has 0 saturated carbocycles. The fourth-order valence-corrected chi connectivity index (χ4v) is 3.47. The number of amides is 1. The first-order valence-electron chi connectivity index (χ1n) is 8.04. The Morgan fingerprint density at radius 3 is 2.29 bits per heavy atom. The van der Waals surface area contributed by atoms with Crippen molar-refractivity contribution >= 4 is 32.6 Å². The van der Waals surface area contributed by atoms with E-state index in [-0.39, 0.29) is 11.3 Å². The first kappa shape index (κ1) is 16.7. The van der Waals surface area contributed by atoms with Crippen LogP contribution in [-0.2, 0) is 5.41 Å². The molecule has 24 heavy (non-hydrogen) atoms. The van der Waals surface area contributed by atoms with Crippen LogP contribution in [0, 0.1) is 13.8 Å². The Bertz CT molecular complexity index is 863. The number of carbonyl (C=O) groups is 1. The zero-order valence-electron chi connectivity index (χ0n) is 14.7. The lowest BCUT2D eigenvalue weighted by Gasteiger charge is -2.18. The van der Waals surface area contributed by atoms with E-state index in [0.29, 0.717) is 10.7 Å². The van der Waals surface area contributed by atoms with E-state index in [9.17, 15) is 4.79 Å². The summed E-state index contributed by atoms with van der Waals surface area (Å²) in [6, 6.07) is 12.0. The summed E-state index contributed by atoms with van der Waals surface area (Å²) in [5.74, 6) is -0.122. The van der Waals surface area contributed by atoms with Crippen molar-refractivity contribution in [3.63, 3.8) is 0 Å². The lowest BCUT2D eigenvalue weighted by Crippen LogP contribution is -2.14. The van der Waals surface area contributed by atoms with E-state index in [4.69, 9.17) is 0 Å². The molecule has 0 radical (unpaired) electrons. The highest BCUT2D eigenvalue weighted by molar-refractivity contribution is 7.22. The van der Waals surface area contributed by atoms with Crippen LogP contribution in [0.3, 0.4) is 0 Å². The Balaban J connectivity index is 1.82. The Hall–Kier alpha value is -2.20. The van der Waals surface area contributed by atoms with Gasteiger partial charge in [-0.2, -0.15) is 0 Å². The van der Waals surface area contributed by atoms with E-state index < -0.39 is 0 Å². The molecule has 1 heterocycles. The number of hydrogen-bond donors (Lipinski definition) is 1. The fourth-order valence-electron chi connectivity index (χ4n) is 2.52. The van der Waals surface area contributed by atoms with Crippen LogP contribution in [0.15, 0.2) is 36.4 Å². The van der Waals surface area contributed by atoms with Gasteiger partial charge in [-0.25, -0.2) is 4.98 Å². The van der Waals surface area contributed by atoms with E-state index in [0.717, 1.165) is 10.2 Å². The molecule has 2 aromatic carbocycles. The van der Waals surface area contributed by atoms with Crippen LogP contribution in [0.5, 0.6) is 0 Å². The highest BCUT2D eigenvalue weighted by Gasteiger charge is 2.15. The van der Waals surface area contributed by atoms with Gasteiger partial charge in [0.05, 0.1) is 10.2 Å². The highest BCUT2D eigenvalue weighted by atomic mass is 32.1. The van der Waals surface area contributed by atoms with Gasteiger partial charge in [-0.05, 0) is 60.2 Å². The maximum Gasteiger partial charge on any atom is 0.257 e. The van der Waals surface area contributed by atoms with Crippen molar-refractivity contribution in [2.24, 2.45) is 0 Å². The summed E-state index contributed by atoms with van der Waals surface area (Å²) in [7, 11) is 0. The SMILES string of the molecule is Cc1cc2nc(NC(=O)c3ccc(C(C)(C)C)cc3)sc2cc1C. The van der Waals surface area contributed by atoms with Gasteiger partial charge in [0.2, 0.25) is 0 Å². The van der Waals surface area contributed by atoms with Gasteiger partial charge < -0.3 is 0 Å². The van der Waals surface area contributed by atoms with Gasteiger partial charge >= 0.3 is 0 Å². The maximum atomic E-state index is 12.4. The highest BCUT2D eigenvalue weighted by Crippen LogP contribution is 2.29. The standard InChI is InChI=1S/C20H22N2OS/c1-12-10-16-17(11-13(12)2)24-19(21-16)22-18(23)14-6-8-15(9-7-14)20(3,4)5/h6-11H,1-5H3,(H,21,22,23). The third-order valence-corrected chi connectivity index (χ3v) is 5.17. The number of nitrogens with zero attached hydrogens (tertiary/aromatic N) is 1. The van der Waals surface area contributed by atoms with E-state index in [1.54, 1.807) is 0 Å². The van der Waals surface area contributed by atoms with Crippen molar-refractivity contribution in [1.82, 2.24) is 4.98 Å². The molecule has 0 aliphatic heterocycles. The average molecular weight is 338 g/mol. The summed E-state index contributed by atoms with van der Waals surface area (Å²) in [4.78, 5) is 17.0. The molecular weight excluding hydrogens is 316 g/mol. The van der Waals surface area contributed by atoms with Crippen molar-refractivity contribution < 1.29 is 4.79 Å². The summed E-state index contributed by atoms with van der Waals surface area (Å²) >= 11 is 1.51. The van der Waals surface area contributed by atoms with E-state index in [2.05, 4.69) is 57.1 Å². The van der Waals surface area contributed by atoms with Crippen molar-refractivity contribution in [2.45, 2.75) is 40.0 Å². The summed E-state index contributed by atoms with van der Waals surface area (Å²) in [5, 5.41) is 3.55. The molecular formula is C20H22N2OS. The number of aryl methyl sites for hydroxylation is 2. The summed E-state index contributed by atoms with van der Waals surface area (Å²) in [6.45, 7) is 10.6. The minimum Gasteiger partial charge on any atom is -0.298 e. The molecule has 4 heteroatoms. The summed E-state index contributed by atoms with van der Waals surface area (Å²) in [6.07, 6.45) is 0. The number of anilines is 1. The number of aromatic nitrogens is 1. The zero-order chi connectivity index (χ0) is 17.5. The fraction of sp³-hybridized carbons (Fsp3) is 0.300. The number of thiazole rings is 1. The van der Waals surface area contributed by atoms with Crippen molar-refractivity contribution in [1.29, 1.82) is 0 Å². The molecule has 0 aliphatic rings. The number of rotatable bonds is 2. The molecule has 0 spiro atoms. The topological polar surface area (TPSA) is 42.0 Å². The van der Waals surface area contributed by atoms with Crippen LogP contribution in [0.2, 0.25) is 0 Å². The minimum absolute atomic E-state index is 0.0811. The number of nitrogens with one attached hydrogen (secondary N) is 1. The molecule has 0 fully saturated rings. The molecule has 0 aliphatic carbocycles. The van der Waals surface area contributed by atoms with Crippen molar-refractivity contribution in [2.75, 3.05) is 5.32 Å². The minimum atomic E-state index is -0.122. The van der Waals surface area contributed by atoms with E-state index in [1.807, 2.05) is 24.3 Å². The molecule has 3 rings (SSSR count). The first-order chi connectivity index (χ1) is 11.2. The van der Waals surface area contributed by atoms with Crippen LogP contribution in [-0.4, -0.2) is 10.9 Å². The third-order valence-electron chi connectivity index (χ3n) is 4.24. The van der Waals surface area contributed by atoms with Crippen molar-refractivity contribution in [3.8, 4) is 0 Å². The molecule has 0 saturated heterocycles. The average Bonchev–Trinajstić information content (AvgIpc) is 2.88. The molecule has 124 valence electrons. The first-order valence-corrected chi connectivity index (χ1v) is 8.85. The Labute approximate surface area is 146 Å². The molecule has 1 aromatic heterocycles. The molecule has 1 N–H and O–H groups in total. The molecule has 3 nitrogen and oxygen atoms in total. The Kier molecular flexibility index (Phi) is 4.18. The second kappa shape index (κ2) is 6.02. The van der Waals surface area contributed by atoms with Crippen LogP contribution < -0.4 is 5.32 Å². The van der Waals surface area contributed by atoms with E-state index in [1.165, 1.54) is 28.0 Å². The van der Waals surface area contributed by atoms with Crippen LogP contribution >= 0.6 is 11.3 Å². The normalized spacial score (nSPS) is 11.7. The number of hydrogen-bond acceptors (Lipinski definition) is 3. The van der Waals surface area contributed by atoms with Gasteiger partial charge in [-0.15, -0.1) is 0 Å². The maximum absolute atomic E-state index is 12.4. The van der Waals surface area contributed by atoms with Crippen molar-refractivity contribution in [3.05, 3.63) is 58.7 Å². The second-order valence-corrected chi connectivity index (χ2v) is 8.24. The second-order valence-electron chi connectivity index (χ2n) is 7.20. The van der Waals surface area contributed by atoms with Crippen LogP contribution in [0.1, 0.15) is 47.8 Å². The molecule has 3 aromatic rings. The molecule has 1 amide bonds. The van der Waals surface area contributed by atoms with Gasteiger partial charge in [0.15, 0.2) is 5.13 Å². The summed E-state index contributed by atoms with van der Waals surface area (Å²) in [5.41, 5.74) is 5.32. The van der Waals surface area contributed by atoms with E-state index >= 15 is 0 Å². The quantitative estimate of drug-likeness (QED) is 0.674. The van der Waals surface area contributed by atoms with Gasteiger partial charge in [0.25, 0.3) is 5.91 Å². The molecule has 0 bridgehead atoms. The number of carbonyl (C=O) groups excluding carboxylic acids is 1. The predicted octanol–water partition coefficient (Wildman–Crippen LogP) is 5.46. The predicted molar refractivity (Wildman–Crippen MR) is 102 cm³/mol. The lowest BCUT2D eigenvalue weighted by atomic mass is 9.87.